The Kier molecular flexibility index (Phi) is 6.07. The first-order chi connectivity index (χ1) is 9.20. The molecule has 3 unspecified atom stereocenters. The lowest BCUT2D eigenvalue weighted by Crippen LogP contribution is -2.49. The fraction of sp³-hybridized carbons (Fsp3) is 1.00. The van der Waals surface area contributed by atoms with Crippen LogP contribution in [0.25, 0.3) is 0 Å². The zero-order valence-corrected chi connectivity index (χ0v) is 12.9. The van der Waals surface area contributed by atoms with E-state index < -0.39 is 0 Å². The zero-order chi connectivity index (χ0) is 13.7. The third-order valence-corrected chi connectivity index (χ3v) is 4.56. The Morgan fingerprint density at radius 3 is 2.89 bits per heavy atom. The molecule has 2 aliphatic heterocycles. The van der Waals surface area contributed by atoms with Crippen LogP contribution >= 0.6 is 0 Å². The highest BCUT2D eigenvalue weighted by molar-refractivity contribution is 4.86. The summed E-state index contributed by atoms with van der Waals surface area (Å²) in [6.45, 7) is 8.87. The number of nitrogens with one attached hydrogen (secondary N) is 1. The van der Waals surface area contributed by atoms with Crippen molar-refractivity contribution in [3.05, 3.63) is 0 Å². The summed E-state index contributed by atoms with van der Waals surface area (Å²) in [5, 5.41) is 3.64. The standard InChI is InChI=1S/C15H31N3O/c1-4-7-16-15-12-19-11-13(15)9-18-8-5-6-14(10-18)17(2)3/h13-16H,4-12H2,1-3H3. The third kappa shape index (κ3) is 4.42. The first-order valence-electron chi connectivity index (χ1n) is 7.90. The van der Waals surface area contributed by atoms with Crippen LogP contribution in [0.15, 0.2) is 0 Å². The quantitative estimate of drug-likeness (QED) is 0.779. The molecule has 112 valence electrons. The summed E-state index contributed by atoms with van der Waals surface area (Å²) in [6, 6.07) is 1.30. The van der Waals surface area contributed by atoms with Crippen LogP contribution in [0.2, 0.25) is 0 Å². The number of hydrogen-bond donors (Lipinski definition) is 1. The van der Waals surface area contributed by atoms with Gasteiger partial charge in [-0.15, -0.1) is 0 Å². The highest BCUT2D eigenvalue weighted by atomic mass is 16.5. The SMILES string of the molecule is CCCNC1COCC1CN1CCCC(N(C)C)C1. The van der Waals surface area contributed by atoms with E-state index >= 15 is 0 Å². The number of rotatable bonds is 6. The van der Waals surface area contributed by atoms with Crippen molar-refractivity contribution < 1.29 is 4.74 Å². The van der Waals surface area contributed by atoms with Crippen molar-refractivity contribution in [3.63, 3.8) is 0 Å². The fourth-order valence-electron chi connectivity index (χ4n) is 3.28. The second-order valence-corrected chi connectivity index (χ2v) is 6.38. The maximum atomic E-state index is 5.68. The predicted octanol–water partition coefficient (Wildman–Crippen LogP) is 1.03. The summed E-state index contributed by atoms with van der Waals surface area (Å²) in [6.07, 6.45) is 3.89. The molecule has 19 heavy (non-hydrogen) atoms. The van der Waals surface area contributed by atoms with Crippen molar-refractivity contribution in [2.75, 3.05) is 53.5 Å². The molecule has 0 aliphatic carbocycles. The lowest BCUT2D eigenvalue weighted by Gasteiger charge is -2.37. The van der Waals surface area contributed by atoms with Gasteiger partial charge in [0.2, 0.25) is 0 Å². The summed E-state index contributed by atoms with van der Waals surface area (Å²) in [7, 11) is 4.41. The Labute approximate surface area is 118 Å². The van der Waals surface area contributed by atoms with Crippen LogP contribution in [-0.4, -0.2) is 75.4 Å². The van der Waals surface area contributed by atoms with Gasteiger partial charge in [-0.3, -0.25) is 0 Å². The van der Waals surface area contributed by atoms with E-state index in [1.54, 1.807) is 0 Å². The Morgan fingerprint density at radius 2 is 2.16 bits per heavy atom. The van der Waals surface area contributed by atoms with Gasteiger partial charge in [0.15, 0.2) is 0 Å². The summed E-state index contributed by atoms with van der Waals surface area (Å²) < 4.78 is 5.68. The van der Waals surface area contributed by atoms with Gasteiger partial charge in [0.25, 0.3) is 0 Å². The van der Waals surface area contributed by atoms with Gasteiger partial charge in [0.1, 0.15) is 0 Å². The van der Waals surface area contributed by atoms with Crippen LogP contribution in [0.4, 0.5) is 0 Å². The smallest absolute Gasteiger partial charge is 0.0623 e. The number of nitrogens with zero attached hydrogens (tertiary/aromatic N) is 2. The summed E-state index contributed by atoms with van der Waals surface area (Å²) in [5.74, 6) is 0.674. The van der Waals surface area contributed by atoms with Gasteiger partial charge in [-0.1, -0.05) is 6.92 Å². The largest absolute Gasteiger partial charge is 0.379 e. The van der Waals surface area contributed by atoms with Gasteiger partial charge in [-0.25, -0.2) is 0 Å². The summed E-state index contributed by atoms with van der Waals surface area (Å²) in [4.78, 5) is 5.03. The van der Waals surface area contributed by atoms with Crippen LogP contribution in [0.5, 0.6) is 0 Å². The van der Waals surface area contributed by atoms with Crippen LogP contribution in [0.1, 0.15) is 26.2 Å². The molecule has 2 fully saturated rings. The van der Waals surface area contributed by atoms with Gasteiger partial charge in [0.05, 0.1) is 13.2 Å². The maximum absolute atomic E-state index is 5.68. The number of likely N-dealkylation sites (tertiary alicyclic amines) is 1. The number of ether oxygens (including phenoxy) is 1. The Balaban J connectivity index is 1.79. The highest BCUT2D eigenvalue weighted by Crippen LogP contribution is 2.19. The molecular weight excluding hydrogens is 238 g/mol. The van der Waals surface area contributed by atoms with Crippen LogP contribution in [0, 0.1) is 5.92 Å². The summed E-state index contributed by atoms with van der Waals surface area (Å²) >= 11 is 0. The van der Waals surface area contributed by atoms with Crippen molar-refractivity contribution in [2.24, 2.45) is 5.92 Å². The molecule has 3 atom stereocenters. The minimum atomic E-state index is 0.569. The molecule has 2 saturated heterocycles. The summed E-state index contributed by atoms with van der Waals surface area (Å²) in [5.41, 5.74) is 0. The molecule has 2 heterocycles. The van der Waals surface area contributed by atoms with Crippen molar-refractivity contribution >= 4 is 0 Å². The van der Waals surface area contributed by atoms with Gasteiger partial charge in [0, 0.05) is 31.1 Å². The number of piperidine rings is 1. The monoisotopic (exact) mass is 269 g/mol. The van der Waals surface area contributed by atoms with Crippen molar-refractivity contribution in [1.29, 1.82) is 0 Å². The van der Waals surface area contributed by atoms with E-state index in [1.807, 2.05) is 0 Å². The second-order valence-electron chi connectivity index (χ2n) is 6.38. The number of hydrogen-bond acceptors (Lipinski definition) is 4. The van der Waals surface area contributed by atoms with E-state index in [-0.39, 0.29) is 0 Å². The average Bonchev–Trinajstić information content (AvgIpc) is 2.84. The molecule has 0 aromatic carbocycles. The third-order valence-electron chi connectivity index (χ3n) is 4.56. The lowest BCUT2D eigenvalue weighted by molar-refractivity contribution is 0.109. The predicted molar refractivity (Wildman–Crippen MR) is 79.5 cm³/mol. The van der Waals surface area contributed by atoms with E-state index in [0.29, 0.717) is 12.0 Å². The molecule has 4 nitrogen and oxygen atoms in total. The minimum Gasteiger partial charge on any atom is -0.379 e. The topological polar surface area (TPSA) is 27.7 Å². The molecule has 4 heteroatoms. The Bertz CT molecular complexity index is 260. The van der Waals surface area contributed by atoms with Gasteiger partial charge in [-0.05, 0) is 46.4 Å². The van der Waals surface area contributed by atoms with E-state index in [0.717, 1.165) is 25.8 Å². The first kappa shape index (κ1) is 15.2. The van der Waals surface area contributed by atoms with Crippen molar-refractivity contribution in [2.45, 2.75) is 38.3 Å². The first-order valence-corrected chi connectivity index (χ1v) is 7.90. The van der Waals surface area contributed by atoms with Gasteiger partial charge >= 0.3 is 0 Å². The van der Waals surface area contributed by atoms with Crippen LogP contribution in [0.3, 0.4) is 0 Å². The Morgan fingerprint density at radius 1 is 1.32 bits per heavy atom. The zero-order valence-electron chi connectivity index (χ0n) is 12.9. The van der Waals surface area contributed by atoms with Crippen LogP contribution in [-0.2, 0) is 4.74 Å². The van der Waals surface area contributed by atoms with E-state index in [4.69, 9.17) is 4.74 Å². The molecule has 2 aliphatic rings. The fourth-order valence-corrected chi connectivity index (χ4v) is 3.28. The number of likely N-dealkylation sites (N-methyl/N-ethyl adjacent to an activating group) is 1. The van der Waals surface area contributed by atoms with E-state index in [1.165, 1.54) is 38.9 Å². The van der Waals surface area contributed by atoms with Crippen molar-refractivity contribution in [3.8, 4) is 0 Å². The molecule has 0 saturated carbocycles. The normalized spacial score (nSPS) is 33.2. The van der Waals surface area contributed by atoms with Gasteiger partial charge in [-0.2, -0.15) is 0 Å². The van der Waals surface area contributed by atoms with Gasteiger partial charge < -0.3 is 19.9 Å². The Hall–Kier alpha value is -0.160. The molecule has 0 bridgehead atoms. The second kappa shape index (κ2) is 7.58. The molecule has 1 N–H and O–H groups in total. The molecular formula is C15H31N3O. The molecule has 0 radical (unpaired) electrons. The van der Waals surface area contributed by atoms with E-state index in [2.05, 4.69) is 36.1 Å². The molecule has 0 spiro atoms. The van der Waals surface area contributed by atoms with E-state index in [9.17, 15) is 0 Å². The highest BCUT2D eigenvalue weighted by Gasteiger charge is 2.31. The molecule has 0 aromatic heterocycles. The van der Waals surface area contributed by atoms with Crippen molar-refractivity contribution in [1.82, 2.24) is 15.1 Å². The lowest BCUT2D eigenvalue weighted by atomic mass is 9.99. The molecule has 0 amide bonds. The average molecular weight is 269 g/mol. The van der Waals surface area contributed by atoms with Crippen LogP contribution < -0.4 is 5.32 Å². The molecule has 2 rings (SSSR count). The maximum Gasteiger partial charge on any atom is 0.0623 e. The minimum absolute atomic E-state index is 0.569. The molecule has 0 aromatic rings.